The minimum absolute atomic E-state index is 0.0609. The minimum atomic E-state index is -0.716. The second-order valence-electron chi connectivity index (χ2n) is 4.28. The Hall–Kier alpha value is -3.21. The van der Waals surface area contributed by atoms with Gasteiger partial charge >= 0.3 is 5.97 Å². The number of nitrogens with zero attached hydrogens (tertiary/aromatic N) is 4. The van der Waals surface area contributed by atoms with Crippen molar-refractivity contribution < 1.29 is 19.4 Å². The maximum atomic E-state index is 11.4. The maximum absolute atomic E-state index is 11.4. The van der Waals surface area contributed by atoms with Crippen molar-refractivity contribution in [3.8, 4) is 11.9 Å². The first kappa shape index (κ1) is 15.2. The average molecular weight is 300 g/mol. The van der Waals surface area contributed by atoms with Gasteiger partial charge < -0.3 is 9.84 Å². The Bertz CT molecular complexity index is 801. The molecular weight excluding hydrogens is 288 g/mol. The number of esters is 1. The minimum Gasteiger partial charge on any atom is -0.493 e. The third kappa shape index (κ3) is 2.93. The van der Waals surface area contributed by atoms with Gasteiger partial charge in [-0.2, -0.15) is 5.26 Å². The first-order valence-electron chi connectivity index (χ1n) is 6.27. The number of para-hydroxylation sites is 1. The van der Waals surface area contributed by atoms with Crippen LogP contribution in [-0.2, 0) is 20.9 Å². The lowest BCUT2D eigenvalue weighted by Crippen LogP contribution is -2.10. The lowest BCUT2D eigenvalue weighted by molar-refractivity contribution is -0.141. The molecule has 1 heterocycles. The number of fused-ring (bicyclic) bond motifs is 1. The molecular formula is C14H12N4O4. The van der Waals surface area contributed by atoms with Crippen molar-refractivity contribution in [2.75, 3.05) is 7.11 Å². The molecule has 0 spiro atoms. The molecule has 8 heteroatoms. The predicted octanol–water partition coefficient (Wildman–Crippen LogP) is 2.04. The summed E-state index contributed by atoms with van der Waals surface area (Å²) in [6.07, 6.45) is -0.398. The number of methoxy groups -OCH3 is 1. The molecule has 0 aliphatic heterocycles. The first-order chi connectivity index (χ1) is 10.6. The topological polar surface area (TPSA) is 117 Å². The van der Waals surface area contributed by atoms with E-state index >= 15 is 0 Å². The smallest absolute Gasteiger partial charge is 0.325 e. The fraction of sp³-hybridized carbons (Fsp3) is 0.214. The molecule has 112 valence electrons. The fourth-order valence-corrected chi connectivity index (χ4v) is 1.93. The maximum Gasteiger partial charge on any atom is 0.325 e. The third-order valence-electron chi connectivity index (χ3n) is 2.92. The lowest BCUT2D eigenvalue weighted by Gasteiger charge is -2.04. The summed E-state index contributed by atoms with van der Waals surface area (Å²) in [5.41, 5.74) is 0.609. The highest BCUT2D eigenvalue weighted by molar-refractivity contribution is 5.96. The monoisotopic (exact) mass is 300 g/mol. The summed E-state index contributed by atoms with van der Waals surface area (Å²) in [5.74, 6) is -1.56. The zero-order valence-electron chi connectivity index (χ0n) is 11.7. The molecule has 0 unspecified atom stereocenters. The van der Waals surface area contributed by atoms with Gasteiger partial charge in [0.2, 0.25) is 5.88 Å². The van der Waals surface area contributed by atoms with E-state index < -0.39 is 18.3 Å². The van der Waals surface area contributed by atoms with Crippen molar-refractivity contribution in [1.29, 1.82) is 5.26 Å². The number of nitriles is 1. The van der Waals surface area contributed by atoms with Crippen LogP contribution in [0.25, 0.3) is 10.9 Å². The quantitative estimate of drug-likeness (QED) is 0.685. The fourth-order valence-electron chi connectivity index (χ4n) is 1.93. The molecule has 0 aliphatic rings. The van der Waals surface area contributed by atoms with Crippen LogP contribution >= 0.6 is 0 Å². The molecule has 1 N–H and O–H groups in total. The van der Waals surface area contributed by atoms with E-state index in [4.69, 9.17) is 5.26 Å². The standard InChI is InChI=1S/C14H12N4O4/c1-22-12(20)8-18-10-5-3-2-4-9(10)13(14(18)21)17-16-11(19)6-7-15/h2-5,21H,6,8H2,1H3. The number of hydrogen-bond acceptors (Lipinski definition) is 6. The number of benzene rings is 1. The van der Waals surface area contributed by atoms with Gasteiger partial charge in [-0.15, -0.1) is 10.2 Å². The van der Waals surface area contributed by atoms with Crippen LogP contribution in [0.2, 0.25) is 0 Å². The molecule has 0 fully saturated rings. The first-order valence-corrected chi connectivity index (χ1v) is 6.27. The second kappa shape index (κ2) is 6.49. The zero-order chi connectivity index (χ0) is 16.1. The highest BCUT2D eigenvalue weighted by atomic mass is 16.5. The number of hydrogen-bond donors (Lipinski definition) is 1. The molecule has 22 heavy (non-hydrogen) atoms. The zero-order valence-corrected chi connectivity index (χ0v) is 11.7. The lowest BCUT2D eigenvalue weighted by atomic mass is 10.2. The van der Waals surface area contributed by atoms with Gasteiger partial charge in [0, 0.05) is 5.39 Å². The summed E-state index contributed by atoms with van der Waals surface area (Å²) >= 11 is 0. The molecule has 1 aromatic heterocycles. The molecule has 2 rings (SSSR count). The Labute approximate surface area is 125 Å². The molecule has 2 aromatic rings. The molecule has 0 atom stereocenters. The van der Waals surface area contributed by atoms with Crippen LogP contribution in [0, 0.1) is 11.3 Å². The normalized spacial score (nSPS) is 10.7. The Balaban J connectivity index is 2.51. The molecule has 1 amide bonds. The summed E-state index contributed by atoms with van der Waals surface area (Å²) in [6, 6.07) is 8.48. The van der Waals surface area contributed by atoms with Crippen LogP contribution in [0.4, 0.5) is 5.69 Å². The van der Waals surface area contributed by atoms with E-state index in [-0.39, 0.29) is 18.1 Å². The van der Waals surface area contributed by atoms with Gasteiger partial charge in [0.1, 0.15) is 13.0 Å². The van der Waals surface area contributed by atoms with Crippen LogP contribution in [0.15, 0.2) is 34.5 Å². The van der Waals surface area contributed by atoms with Crippen LogP contribution < -0.4 is 0 Å². The summed E-state index contributed by atoms with van der Waals surface area (Å²) in [6.45, 7) is -0.204. The number of ether oxygens (including phenoxy) is 1. The largest absolute Gasteiger partial charge is 0.493 e. The van der Waals surface area contributed by atoms with Crippen molar-refractivity contribution in [3.63, 3.8) is 0 Å². The Morgan fingerprint density at radius 3 is 2.82 bits per heavy atom. The van der Waals surface area contributed by atoms with E-state index in [1.807, 2.05) is 0 Å². The summed E-state index contributed by atoms with van der Waals surface area (Å²) in [7, 11) is 1.24. The average Bonchev–Trinajstić information content (AvgIpc) is 2.78. The number of amides is 1. The SMILES string of the molecule is COC(=O)Cn1c(O)c(N=NC(=O)CC#N)c2ccccc21. The van der Waals surface area contributed by atoms with Crippen molar-refractivity contribution in [1.82, 2.24) is 4.57 Å². The number of carbonyl (C=O) groups is 2. The van der Waals surface area contributed by atoms with Crippen molar-refractivity contribution in [2.24, 2.45) is 10.2 Å². The van der Waals surface area contributed by atoms with Gasteiger partial charge in [-0.3, -0.25) is 14.2 Å². The Morgan fingerprint density at radius 2 is 2.14 bits per heavy atom. The number of aromatic hydroxyl groups is 1. The van der Waals surface area contributed by atoms with E-state index in [2.05, 4.69) is 15.0 Å². The number of carbonyl (C=O) groups excluding carboxylic acids is 2. The molecule has 1 aromatic carbocycles. The van der Waals surface area contributed by atoms with Crippen LogP contribution in [0.3, 0.4) is 0 Å². The van der Waals surface area contributed by atoms with E-state index in [1.165, 1.54) is 11.7 Å². The summed E-state index contributed by atoms with van der Waals surface area (Å²) in [4.78, 5) is 22.7. The molecule has 0 saturated heterocycles. The van der Waals surface area contributed by atoms with Crippen LogP contribution in [0.5, 0.6) is 5.88 Å². The van der Waals surface area contributed by atoms with Gasteiger partial charge in [0.05, 0.1) is 18.7 Å². The Morgan fingerprint density at radius 1 is 1.41 bits per heavy atom. The second-order valence-corrected chi connectivity index (χ2v) is 4.28. The third-order valence-corrected chi connectivity index (χ3v) is 2.92. The molecule has 0 bridgehead atoms. The van der Waals surface area contributed by atoms with Gasteiger partial charge in [0.15, 0.2) is 5.69 Å². The predicted molar refractivity (Wildman–Crippen MR) is 75.4 cm³/mol. The van der Waals surface area contributed by atoms with Crippen LogP contribution in [0.1, 0.15) is 6.42 Å². The Kier molecular flexibility index (Phi) is 4.48. The van der Waals surface area contributed by atoms with Gasteiger partial charge in [0.25, 0.3) is 5.91 Å². The van der Waals surface area contributed by atoms with Crippen LogP contribution in [-0.4, -0.2) is 28.7 Å². The number of rotatable bonds is 4. The van der Waals surface area contributed by atoms with E-state index in [0.717, 1.165) is 0 Å². The van der Waals surface area contributed by atoms with Crippen molar-refractivity contribution in [2.45, 2.75) is 13.0 Å². The van der Waals surface area contributed by atoms with E-state index in [1.54, 1.807) is 30.3 Å². The summed E-state index contributed by atoms with van der Waals surface area (Å²) < 4.78 is 5.89. The summed E-state index contributed by atoms with van der Waals surface area (Å²) in [5, 5.41) is 26.3. The molecule has 0 radical (unpaired) electrons. The number of aromatic nitrogens is 1. The molecule has 0 aliphatic carbocycles. The van der Waals surface area contributed by atoms with E-state index in [9.17, 15) is 14.7 Å². The molecule has 0 saturated carbocycles. The van der Waals surface area contributed by atoms with Gasteiger partial charge in [-0.1, -0.05) is 18.2 Å². The number of azo groups is 1. The highest BCUT2D eigenvalue weighted by Gasteiger charge is 2.18. The van der Waals surface area contributed by atoms with Crippen molar-refractivity contribution >= 4 is 28.5 Å². The van der Waals surface area contributed by atoms with Crippen molar-refractivity contribution in [3.05, 3.63) is 24.3 Å². The van der Waals surface area contributed by atoms with Gasteiger partial charge in [-0.25, -0.2) is 0 Å². The molecule has 8 nitrogen and oxygen atoms in total. The highest BCUT2D eigenvalue weighted by Crippen LogP contribution is 2.38. The van der Waals surface area contributed by atoms with E-state index in [0.29, 0.717) is 10.9 Å². The van der Waals surface area contributed by atoms with Gasteiger partial charge in [-0.05, 0) is 6.07 Å².